The highest BCUT2D eigenvalue weighted by molar-refractivity contribution is 5.31. The number of nitro groups is 1. The van der Waals surface area contributed by atoms with Crippen molar-refractivity contribution in [2.24, 2.45) is 0 Å². The highest BCUT2D eigenvalue weighted by Gasteiger charge is 2.41. The topological polar surface area (TPSA) is 70.4 Å². The smallest absolute Gasteiger partial charge is 0.163 e. The number of benzene rings is 1. The van der Waals surface area contributed by atoms with Crippen molar-refractivity contribution in [1.82, 2.24) is 15.6 Å². The number of fused-ring (bicyclic) bond motifs is 3. The zero-order valence-corrected chi connectivity index (χ0v) is 11.9. The van der Waals surface area contributed by atoms with Gasteiger partial charge in [-0.25, -0.2) is 10.1 Å². The summed E-state index contributed by atoms with van der Waals surface area (Å²) in [7, 11) is 0. The molecule has 1 aromatic carbocycles. The molecule has 4 aliphatic heterocycles. The molecule has 2 atom stereocenters. The average molecular weight is 288 g/mol. The van der Waals surface area contributed by atoms with E-state index in [2.05, 4.69) is 28.8 Å². The Morgan fingerprint density at radius 3 is 1.90 bits per heavy atom. The van der Waals surface area contributed by atoms with Crippen LogP contribution in [0.25, 0.3) is 0 Å². The average Bonchev–Trinajstić information content (AvgIpc) is 2.47. The van der Waals surface area contributed by atoms with Gasteiger partial charge in [-0.3, -0.25) is 10.6 Å². The molecular weight excluding hydrogens is 268 g/mol. The largest absolute Gasteiger partial charge is 0.277 e. The molecule has 0 radical (unpaired) electrons. The van der Waals surface area contributed by atoms with Crippen LogP contribution in [-0.2, 0) is 19.3 Å². The minimum absolute atomic E-state index is 0.166. The molecule has 4 heterocycles. The molecule has 112 valence electrons. The van der Waals surface area contributed by atoms with Gasteiger partial charge in [0.05, 0.1) is 6.17 Å². The van der Waals surface area contributed by atoms with Gasteiger partial charge in [-0.2, -0.15) is 0 Å². The first kappa shape index (κ1) is 13.0. The number of hydrogen-bond donors (Lipinski definition) is 2. The fourth-order valence-electron chi connectivity index (χ4n) is 3.90. The SMILES string of the molecule is O=[N+]([O-])N1C2CCc3cc4cc(c3)CCC1NC(CC4)N2. The second-order valence-corrected chi connectivity index (χ2v) is 6.31. The quantitative estimate of drug-likeness (QED) is 0.600. The maximum absolute atomic E-state index is 11.5. The van der Waals surface area contributed by atoms with E-state index in [4.69, 9.17) is 0 Å². The number of hydrazine groups is 1. The number of aryl methyl sites for hydroxylation is 3. The van der Waals surface area contributed by atoms with Crippen molar-refractivity contribution in [1.29, 1.82) is 0 Å². The standard InChI is InChI=1S/C15H20N4O2/c20-19(21)18-14-5-2-11-7-10-1-4-13(16-14)17-15(18)6-3-12(8-10)9-11/h7-9,13-17H,1-6H2. The van der Waals surface area contributed by atoms with Crippen molar-refractivity contribution in [3.8, 4) is 0 Å². The van der Waals surface area contributed by atoms with E-state index in [1.165, 1.54) is 21.7 Å². The van der Waals surface area contributed by atoms with Crippen LogP contribution < -0.4 is 10.6 Å². The van der Waals surface area contributed by atoms with Crippen molar-refractivity contribution in [2.75, 3.05) is 0 Å². The fourth-order valence-corrected chi connectivity index (χ4v) is 3.90. The molecule has 1 aromatic rings. The third kappa shape index (κ3) is 2.38. The lowest BCUT2D eigenvalue weighted by Crippen LogP contribution is -2.70. The van der Waals surface area contributed by atoms with Crippen molar-refractivity contribution < 1.29 is 5.03 Å². The van der Waals surface area contributed by atoms with Crippen LogP contribution in [0.1, 0.15) is 36.0 Å². The summed E-state index contributed by atoms with van der Waals surface area (Å²) < 4.78 is 0. The van der Waals surface area contributed by atoms with E-state index in [9.17, 15) is 10.1 Å². The number of nitrogens with one attached hydrogen (secondary N) is 2. The van der Waals surface area contributed by atoms with Crippen molar-refractivity contribution >= 4 is 0 Å². The van der Waals surface area contributed by atoms with Gasteiger partial charge in [0, 0.05) is 0 Å². The summed E-state index contributed by atoms with van der Waals surface area (Å²) in [6.07, 6.45) is 5.13. The predicted octanol–water partition coefficient (Wildman–Crippen LogP) is 1.18. The summed E-state index contributed by atoms with van der Waals surface area (Å²) in [5, 5.41) is 19.5. The lowest BCUT2D eigenvalue weighted by atomic mass is 9.92. The van der Waals surface area contributed by atoms with E-state index in [0.29, 0.717) is 0 Å². The highest BCUT2D eigenvalue weighted by atomic mass is 16.7. The van der Waals surface area contributed by atoms with Gasteiger partial charge in [-0.1, -0.05) is 23.2 Å². The second-order valence-electron chi connectivity index (χ2n) is 6.31. The highest BCUT2D eigenvalue weighted by Crippen LogP contribution is 2.25. The lowest BCUT2D eigenvalue weighted by molar-refractivity contribution is -0.680. The first-order valence-corrected chi connectivity index (χ1v) is 7.75. The zero-order valence-electron chi connectivity index (χ0n) is 11.9. The fraction of sp³-hybridized carbons (Fsp3) is 0.600. The van der Waals surface area contributed by atoms with Gasteiger partial charge in [0.15, 0.2) is 5.03 Å². The van der Waals surface area contributed by atoms with E-state index in [1.807, 2.05) is 0 Å². The van der Waals surface area contributed by atoms with Crippen LogP contribution in [0.15, 0.2) is 18.2 Å². The minimum atomic E-state index is -0.237. The Bertz CT molecular complexity index is 533. The second kappa shape index (κ2) is 4.96. The molecule has 0 spiro atoms. The monoisotopic (exact) mass is 288 g/mol. The molecule has 0 aromatic heterocycles. The van der Waals surface area contributed by atoms with E-state index in [-0.39, 0.29) is 23.5 Å². The molecule has 4 aliphatic rings. The summed E-state index contributed by atoms with van der Waals surface area (Å²) in [6.45, 7) is 0. The van der Waals surface area contributed by atoms with Gasteiger partial charge in [-0.05, 0) is 55.2 Å². The van der Waals surface area contributed by atoms with Crippen LogP contribution in [0.2, 0.25) is 0 Å². The summed E-state index contributed by atoms with van der Waals surface area (Å²) in [6, 6.07) is 6.83. The molecule has 0 saturated carbocycles. The number of hydrogen-bond acceptors (Lipinski definition) is 4. The molecule has 6 heteroatoms. The molecule has 2 unspecified atom stereocenters. The van der Waals surface area contributed by atoms with Crippen LogP contribution >= 0.6 is 0 Å². The maximum atomic E-state index is 11.5. The Morgan fingerprint density at radius 1 is 0.952 bits per heavy atom. The molecule has 6 bridgehead atoms. The normalized spacial score (nSPS) is 31.0. The van der Waals surface area contributed by atoms with Gasteiger partial charge < -0.3 is 0 Å². The molecule has 1 saturated heterocycles. The first-order chi connectivity index (χ1) is 10.2. The molecule has 0 aliphatic carbocycles. The molecule has 21 heavy (non-hydrogen) atoms. The predicted molar refractivity (Wildman–Crippen MR) is 77.9 cm³/mol. The Labute approximate surface area is 123 Å². The lowest BCUT2D eigenvalue weighted by Gasteiger charge is -2.42. The van der Waals surface area contributed by atoms with Crippen molar-refractivity contribution in [2.45, 2.75) is 57.0 Å². The molecule has 2 N–H and O–H groups in total. The number of nitrogens with zero attached hydrogens (tertiary/aromatic N) is 2. The molecule has 0 amide bonds. The zero-order chi connectivity index (χ0) is 14.4. The minimum Gasteiger partial charge on any atom is -0.277 e. The van der Waals surface area contributed by atoms with Gasteiger partial charge in [-0.15, -0.1) is 0 Å². The van der Waals surface area contributed by atoms with E-state index in [0.717, 1.165) is 38.5 Å². The Balaban J connectivity index is 1.79. The summed E-state index contributed by atoms with van der Waals surface area (Å²) in [5.74, 6) is 0. The number of rotatable bonds is 1. The van der Waals surface area contributed by atoms with Crippen molar-refractivity contribution in [3.05, 3.63) is 45.0 Å². The van der Waals surface area contributed by atoms with E-state index in [1.54, 1.807) is 0 Å². The van der Waals surface area contributed by atoms with Crippen LogP contribution in [0.3, 0.4) is 0 Å². The van der Waals surface area contributed by atoms with Gasteiger partial charge in [0.1, 0.15) is 12.3 Å². The summed E-state index contributed by atoms with van der Waals surface area (Å²) in [4.78, 5) is 11.5. The van der Waals surface area contributed by atoms with Gasteiger partial charge in [0.2, 0.25) is 0 Å². The van der Waals surface area contributed by atoms with E-state index < -0.39 is 0 Å². The van der Waals surface area contributed by atoms with Crippen LogP contribution in [0.4, 0.5) is 0 Å². The summed E-state index contributed by atoms with van der Waals surface area (Å²) in [5.41, 5.74) is 4.05. The van der Waals surface area contributed by atoms with Crippen molar-refractivity contribution in [3.63, 3.8) is 0 Å². The maximum Gasteiger partial charge on any atom is 0.163 e. The Morgan fingerprint density at radius 2 is 1.43 bits per heavy atom. The van der Waals surface area contributed by atoms with Crippen LogP contribution in [0.5, 0.6) is 0 Å². The van der Waals surface area contributed by atoms with Crippen LogP contribution in [0, 0.1) is 10.1 Å². The molecular formula is C15H20N4O2. The first-order valence-electron chi connectivity index (χ1n) is 7.75. The van der Waals surface area contributed by atoms with E-state index >= 15 is 0 Å². The molecule has 1 fully saturated rings. The summed E-state index contributed by atoms with van der Waals surface area (Å²) >= 11 is 0. The Hall–Kier alpha value is -1.66. The van der Waals surface area contributed by atoms with Gasteiger partial charge in [0.25, 0.3) is 0 Å². The Kier molecular flexibility index (Phi) is 3.08. The molecule has 6 nitrogen and oxygen atoms in total. The third-order valence-corrected chi connectivity index (χ3v) is 4.86. The third-order valence-electron chi connectivity index (χ3n) is 4.86. The molecule has 5 rings (SSSR count). The van der Waals surface area contributed by atoms with Gasteiger partial charge >= 0.3 is 0 Å². The van der Waals surface area contributed by atoms with Crippen LogP contribution in [-0.4, -0.2) is 28.5 Å².